The molecule has 0 radical (unpaired) electrons. The smallest absolute Gasteiger partial charge is 0.347 e. The Labute approximate surface area is 113 Å². The van der Waals surface area contributed by atoms with E-state index in [-0.39, 0.29) is 5.41 Å². The van der Waals surface area contributed by atoms with E-state index in [1.54, 1.807) is 0 Å². The van der Waals surface area contributed by atoms with E-state index in [1.165, 1.54) is 11.3 Å². The monoisotopic (exact) mass is 270 g/mol. The van der Waals surface area contributed by atoms with Crippen LogP contribution in [0.1, 0.15) is 55.0 Å². The van der Waals surface area contributed by atoms with Crippen molar-refractivity contribution in [3.63, 3.8) is 0 Å². The number of aromatic nitrogens is 1. The summed E-state index contributed by atoms with van der Waals surface area (Å²) in [6.07, 6.45) is 0. The standard InChI is InChI=1S/C13H22N2O2S/c1-6-15(7-2)8-9-14-11(13(3,4)5)10(18-9)12(16)17/h6-8H2,1-5H3,(H,16,17). The number of thiazole rings is 1. The summed E-state index contributed by atoms with van der Waals surface area (Å²) in [5.74, 6) is -0.872. The molecule has 1 aromatic rings. The van der Waals surface area contributed by atoms with Gasteiger partial charge in [0.05, 0.1) is 12.2 Å². The third-order valence-corrected chi connectivity index (χ3v) is 3.86. The molecule has 4 nitrogen and oxygen atoms in total. The van der Waals surface area contributed by atoms with Crippen LogP contribution in [0.15, 0.2) is 0 Å². The number of aromatic carboxylic acids is 1. The maximum Gasteiger partial charge on any atom is 0.347 e. The minimum atomic E-state index is -0.872. The van der Waals surface area contributed by atoms with Crippen molar-refractivity contribution >= 4 is 17.3 Å². The summed E-state index contributed by atoms with van der Waals surface area (Å²) in [6, 6.07) is 0. The number of carboxylic acid groups (broad SMARTS) is 1. The number of nitrogens with zero attached hydrogens (tertiary/aromatic N) is 2. The van der Waals surface area contributed by atoms with Gasteiger partial charge in [0.2, 0.25) is 0 Å². The Morgan fingerprint density at radius 1 is 1.33 bits per heavy atom. The Kier molecular flexibility index (Phi) is 4.87. The fourth-order valence-electron chi connectivity index (χ4n) is 1.72. The molecule has 0 unspecified atom stereocenters. The average molecular weight is 270 g/mol. The average Bonchev–Trinajstić information content (AvgIpc) is 2.69. The molecule has 1 aromatic heterocycles. The SMILES string of the molecule is CCN(CC)Cc1nc(C(C)(C)C)c(C(=O)O)s1. The molecule has 0 aliphatic rings. The molecule has 102 valence electrons. The first-order chi connectivity index (χ1) is 8.29. The van der Waals surface area contributed by atoms with Crippen LogP contribution in [0.2, 0.25) is 0 Å². The summed E-state index contributed by atoms with van der Waals surface area (Å²) in [5.41, 5.74) is 0.466. The maximum absolute atomic E-state index is 11.3. The lowest BCUT2D eigenvalue weighted by atomic mass is 9.91. The van der Waals surface area contributed by atoms with Crippen LogP contribution < -0.4 is 0 Å². The van der Waals surface area contributed by atoms with Gasteiger partial charge >= 0.3 is 5.97 Å². The van der Waals surface area contributed by atoms with E-state index in [9.17, 15) is 9.90 Å². The van der Waals surface area contributed by atoms with Crippen molar-refractivity contribution in [2.75, 3.05) is 13.1 Å². The normalized spacial score (nSPS) is 12.1. The molecule has 1 heterocycles. The van der Waals surface area contributed by atoms with Gasteiger partial charge in [-0.2, -0.15) is 0 Å². The first-order valence-corrected chi connectivity index (χ1v) is 7.07. The fourth-order valence-corrected chi connectivity index (χ4v) is 2.88. The van der Waals surface area contributed by atoms with Gasteiger partial charge in [0.15, 0.2) is 0 Å². The predicted molar refractivity (Wildman–Crippen MR) is 74.4 cm³/mol. The Morgan fingerprint density at radius 3 is 2.22 bits per heavy atom. The summed E-state index contributed by atoms with van der Waals surface area (Å²) in [7, 11) is 0. The van der Waals surface area contributed by atoms with Gasteiger partial charge in [0.1, 0.15) is 9.88 Å². The fraction of sp³-hybridized carbons (Fsp3) is 0.692. The van der Waals surface area contributed by atoms with Gasteiger partial charge in [-0.05, 0) is 13.1 Å². The van der Waals surface area contributed by atoms with E-state index < -0.39 is 5.97 Å². The van der Waals surface area contributed by atoms with E-state index in [4.69, 9.17) is 0 Å². The lowest BCUT2D eigenvalue weighted by Crippen LogP contribution is -2.22. The van der Waals surface area contributed by atoms with E-state index in [0.29, 0.717) is 10.6 Å². The van der Waals surface area contributed by atoms with Crippen molar-refractivity contribution in [1.29, 1.82) is 0 Å². The van der Waals surface area contributed by atoms with Crippen molar-refractivity contribution in [3.05, 3.63) is 15.6 Å². The molecule has 0 spiro atoms. The molecule has 0 fully saturated rings. The maximum atomic E-state index is 11.3. The van der Waals surface area contributed by atoms with Crippen LogP contribution in [-0.2, 0) is 12.0 Å². The van der Waals surface area contributed by atoms with Gasteiger partial charge in [-0.15, -0.1) is 11.3 Å². The van der Waals surface area contributed by atoms with Crippen LogP contribution in [0.5, 0.6) is 0 Å². The second-order valence-electron chi connectivity index (χ2n) is 5.30. The molecule has 1 rings (SSSR count). The Morgan fingerprint density at radius 2 is 1.89 bits per heavy atom. The lowest BCUT2D eigenvalue weighted by Gasteiger charge is -2.17. The Hall–Kier alpha value is -0.940. The molecule has 0 aliphatic heterocycles. The quantitative estimate of drug-likeness (QED) is 0.893. The summed E-state index contributed by atoms with van der Waals surface area (Å²) >= 11 is 1.30. The summed E-state index contributed by atoms with van der Waals surface area (Å²) < 4.78 is 0. The first-order valence-electron chi connectivity index (χ1n) is 6.25. The number of rotatable bonds is 5. The van der Waals surface area contributed by atoms with Crippen LogP contribution in [-0.4, -0.2) is 34.0 Å². The van der Waals surface area contributed by atoms with E-state index in [0.717, 1.165) is 24.6 Å². The molecule has 5 heteroatoms. The lowest BCUT2D eigenvalue weighted by molar-refractivity contribution is 0.0699. The van der Waals surface area contributed by atoms with E-state index >= 15 is 0 Å². The minimum absolute atomic E-state index is 0.230. The zero-order valence-electron chi connectivity index (χ0n) is 11.8. The Balaban J connectivity index is 3.07. The number of hydrogen-bond acceptors (Lipinski definition) is 4. The highest BCUT2D eigenvalue weighted by Gasteiger charge is 2.27. The molecule has 0 saturated heterocycles. The zero-order chi connectivity index (χ0) is 13.9. The second-order valence-corrected chi connectivity index (χ2v) is 6.39. The molecule has 18 heavy (non-hydrogen) atoms. The molecular weight excluding hydrogens is 248 g/mol. The van der Waals surface area contributed by atoms with Crippen molar-refractivity contribution in [2.24, 2.45) is 0 Å². The molecule has 0 bridgehead atoms. The van der Waals surface area contributed by atoms with Gasteiger partial charge in [-0.1, -0.05) is 34.6 Å². The summed E-state index contributed by atoms with van der Waals surface area (Å²) in [4.78, 5) is 18.4. The highest BCUT2D eigenvalue weighted by atomic mass is 32.1. The van der Waals surface area contributed by atoms with Crippen LogP contribution in [0.3, 0.4) is 0 Å². The van der Waals surface area contributed by atoms with Gasteiger partial charge < -0.3 is 5.11 Å². The predicted octanol–water partition coefficient (Wildman–Crippen LogP) is 2.98. The summed E-state index contributed by atoms with van der Waals surface area (Å²) in [5, 5.41) is 10.1. The molecule has 0 aromatic carbocycles. The van der Waals surface area contributed by atoms with Crippen molar-refractivity contribution in [1.82, 2.24) is 9.88 Å². The van der Waals surface area contributed by atoms with Gasteiger partial charge in [0.25, 0.3) is 0 Å². The molecular formula is C13H22N2O2S. The minimum Gasteiger partial charge on any atom is -0.477 e. The third-order valence-electron chi connectivity index (χ3n) is 2.83. The summed E-state index contributed by atoms with van der Waals surface area (Å²) in [6.45, 7) is 12.8. The second kappa shape index (κ2) is 5.80. The van der Waals surface area contributed by atoms with Crippen molar-refractivity contribution in [2.45, 2.75) is 46.6 Å². The van der Waals surface area contributed by atoms with Gasteiger partial charge in [0, 0.05) is 5.41 Å². The van der Waals surface area contributed by atoms with Crippen LogP contribution in [0.25, 0.3) is 0 Å². The van der Waals surface area contributed by atoms with E-state index in [1.807, 2.05) is 20.8 Å². The molecule has 1 N–H and O–H groups in total. The molecule has 0 amide bonds. The van der Waals surface area contributed by atoms with Gasteiger partial charge in [-0.25, -0.2) is 9.78 Å². The molecule has 0 atom stereocenters. The zero-order valence-corrected chi connectivity index (χ0v) is 12.6. The van der Waals surface area contributed by atoms with Crippen LogP contribution in [0.4, 0.5) is 0 Å². The van der Waals surface area contributed by atoms with Crippen molar-refractivity contribution < 1.29 is 9.90 Å². The number of carbonyl (C=O) groups is 1. The third kappa shape index (κ3) is 3.53. The number of carboxylic acids is 1. The number of hydrogen-bond donors (Lipinski definition) is 1. The highest BCUT2D eigenvalue weighted by Crippen LogP contribution is 2.30. The van der Waals surface area contributed by atoms with E-state index in [2.05, 4.69) is 23.7 Å². The first kappa shape index (κ1) is 15.1. The van der Waals surface area contributed by atoms with Gasteiger partial charge in [-0.3, -0.25) is 4.90 Å². The molecule has 0 saturated carbocycles. The van der Waals surface area contributed by atoms with Crippen molar-refractivity contribution in [3.8, 4) is 0 Å². The van der Waals surface area contributed by atoms with Crippen LogP contribution >= 0.6 is 11.3 Å². The van der Waals surface area contributed by atoms with Crippen LogP contribution in [0, 0.1) is 0 Å². The topological polar surface area (TPSA) is 53.4 Å². The Bertz CT molecular complexity index is 417. The highest BCUT2D eigenvalue weighted by molar-refractivity contribution is 7.13. The largest absolute Gasteiger partial charge is 0.477 e. The molecule has 0 aliphatic carbocycles.